The first-order valence-corrected chi connectivity index (χ1v) is 6.69. The quantitative estimate of drug-likeness (QED) is 0.650. The molecule has 0 atom stereocenters. The summed E-state index contributed by atoms with van der Waals surface area (Å²) in [6.45, 7) is 2.49. The Bertz CT molecular complexity index is 698. The second-order valence-corrected chi connectivity index (χ2v) is 4.87. The van der Waals surface area contributed by atoms with Crippen molar-refractivity contribution in [3.63, 3.8) is 0 Å². The zero-order valence-corrected chi connectivity index (χ0v) is 12.0. The van der Waals surface area contributed by atoms with Gasteiger partial charge in [-0.1, -0.05) is 17.7 Å². The van der Waals surface area contributed by atoms with E-state index in [1.165, 1.54) is 12.1 Å². The molecule has 2 aromatic rings. The Balaban J connectivity index is 2.07. The average molecular weight is 301 g/mol. The lowest BCUT2D eigenvalue weighted by molar-refractivity contribution is -0.394. The van der Waals surface area contributed by atoms with E-state index in [0.717, 1.165) is 17.3 Å². The SMILES string of the molecule is Cc1ccc(NCCc2ccc([N+](=O)[O-])cc2[N+](=O)[O-])cc1. The van der Waals surface area contributed by atoms with Gasteiger partial charge in [0.25, 0.3) is 11.4 Å². The molecule has 2 aromatic carbocycles. The minimum absolute atomic E-state index is 0.222. The molecule has 0 aliphatic rings. The van der Waals surface area contributed by atoms with E-state index in [4.69, 9.17) is 0 Å². The standard InChI is InChI=1S/C15H15N3O4/c1-11-2-5-13(6-3-11)16-9-8-12-4-7-14(17(19)20)10-15(12)18(21)22/h2-7,10,16H,8-9H2,1H3. The minimum Gasteiger partial charge on any atom is -0.385 e. The molecular weight excluding hydrogens is 286 g/mol. The summed E-state index contributed by atoms with van der Waals surface area (Å²) in [6.07, 6.45) is 0.405. The highest BCUT2D eigenvalue weighted by Crippen LogP contribution is 2.25. The van der Waals surface area contributed by atoms with Gasteiger partial charge >= 0.3 is 0 Å². The lowest BCUT2D eigenvalue weighted by atomic mass is 10.1. The van der Waals surface area contributed by atoms with Crippen LogP contribution >= 0.6 is 0 Å². The second kappa shape index (κ2) is 6.66. The minimum atomic E-state index is -0.638. The van der Waals surface area contributed by atoms with Crippen LogP contribution in [0.3, 0.4) is 0 Å². The molecule has 0 aliphatic heterocycles. The third-order valence-electron chi connectivity index (χ3n) is 3.25. The average Bonchev–Trinajstić information content (AvgIpc) is 2.49. The summed E-state index contributed by atoms with van der Waals surface area (Å²) in [5, 5.41) is 24.9. The van der Waals surface area contributed by atoms with Gasteiger partial charge in [0.2, 0.25) is 0 Å². The number of nitrogens with zero attached hydrogens (tertiary/aromatic N) is 2. The Morgan fingerprint density at radius 1 is 1.00 bits per heavy atom. The number of rotatable bonds is 6. The van der Waals surface area contributed by atoms with Crippen molar-refractivity contribution in [2.75, 3.05) is 11.9 Å². The van der Waals surface area contributed by atoms with Crippen LogP contribution in [0.5, 0.6) is 0 Å². The summed E-state index contributed by atoms with van der Waals surface area (Å²) in [7, 11) is 0. The van der Waals surface area contributed by atoms with E-state index < -0.39 is 9.85 Å². The zero-order valence-electron chi connectivity index (χ0n) is 12.0. The van der Waals surface area contributed by atoms with Crippen LogP contribution in [0, 0.1) is 27.2 Å². The van der Waals surface area contributed by atoms with Gasteiger partial charge in [0.15, 0.2) is 0 Å². The smallest absolute Gasteiger partial charge is 0.279 e. The number of hydrogen-bond donors (Lipinski definition) is 1. The fourth-order valence-electron chi connectivity index (χ4n) is 2.06. The van der Waals surface area contributed by atoms with Crippen molar-refractivity contribution >= 4 is 17.1 Å². The van der Waals surface area contributed by atoms with E-state index in [9.17, 15) is 20.2 Å². The first-order valence-electron chi connectivity index (χ1n) is 6.69. The zero-order chi connectivity index (χ0) is 16.1. The number of nitrogens with one attached hydrogen (secondary N) is 1. The van der Waals surface area contributed by atoms with Gasteiger partial charge in [-0.05, 0) is 31.5 Å². The molecule has 7 nitrogen and oxygen atoms in total. The highest BCUT2D eigenvalue weighted by atomic mass is 16.6. The van der Waals surface area contributed by atoms with Gasteiger partial charge in [-0.3, -0.25) is 20.2 Å². The summed E-state index contributed by atoms with van der Waals surface area (Å²) in [5.41, 5.74) is 2.05. The van der Waals surface area contributed by atoms with Crippen LogP contribution in [0.15, 0.2) is 42.5 Å². The van der Waals surface area contributed by atoms with Crippen LogP contribution in [0.4, 0.5) is 17.1 Å². The Morgan fingerprint density at radius 3 is 2.27 bits per heavy atom. The first kappa shape index (κ1) is 15.4. The molecule has 22 heavy (non-hydrogen) atoms. The van der Waals surface area contributed by atoms with Crippen LogP contribution < -0.4 is 5.32 Å². The summed E-state index contributed by atoms with van der Waals surface area (Å²) in [5.74, 6) is 0. The summed E-state index contributed by atoms with van der Waals surface area (Å²) < 4.78 is 0. The molecule has 114 valence electrons. The van der Waals surface area contributed by atoms with E-state index >= 15 is 0 Å². The number of anilines is 1. The molecule has 0 spiro atoms. The largest absolute Gasteiger partial charge is 0.385 e. The van der Waals surface area contributed by atoms with Crippen LogP contribution in [0.2, 0.25) is 0 Å². The summed E-state index contributed by atoms with van der Waals surface area (Å²) in [6, 6.07) is 11.5. The maximum atomic E-state index is 11.0. The molecular formula is C15H15N3O4. The normalized spacial score (nSPS) is 10.2. The predicted molar refractivity (Wildman–Crippen MR) is 83.1 cm³/mol. The third-order valence-corrected chi connectivity index (χ3v) is 3.25. The van der Waals surface area contributed by atoms with Crippen molar-refractivity contribution in [2.24, 2.45) is 0 Å². The van der Waals surface area contributed by atoms with Crippen LogP contribution in [-0.4, -0.2) is 16.4 Å². The molecule has 0 bridgehead atoms. The Labute approximate surface area is 126 Å². The van der Waals surface area contributed by atoms with Gasteiger partial charge in [0, 0.05) is 23.9 Å². The van der Waals surface area contributed by atoms with Gasteiger partial charge < -0.3 is 5.32 Å². The molecule has 0 heterocycles. The van der Waals surface area contributed by atoms with Crippen molar-refractivity contribution in [3.05, 3.63) is 73.8 Å². The molecule has 0 aliphatic carbocycles. The van der Waals surface area contributed by atoms with Crippen molar-refractivity contribution in [1.29, 1.82) is 0 Å². The van der Waals surface area contributed by atoms with E-state index in [2.05, 4.69) is 5.32 Å². The number of non-ortho nitro benzene ring substituents is 1. The molecule has 1 N–H and O–H groups in total. The number of benzene rings is 2. The van der Waals surface area contributed by atoms with Crippen molar-refractivity contribution in [1.82, 2.24) is 0 Å². The molecule has 0 amide bonds. The topological polar surface area (TPSA) is 98.3 Å². The van der Waals surface area contributed by atoms with E-state index in [-0.39, 0.29) is 11.4 Å². The van der Waals surface area contributed by atoms with Gasteiger partial charge in [-0.2, -0.15) is 0 Å². The fourth-order valence-corrected chi connectivity index (χ4v) is 2.06. The lowest BCUT2D eigenvalue weighted by Crippen LogP contribution is -2.07. The Hall–Kier alpha value is -2.96. The van der Waals surface area contributed by atoms with Gasteiger partial charge in [0.1, 0.15) is 0 Å². The van der Waals surface area contributed by atoms with Gasteiger partial charge in [-0.15, -0.1) is 0 Å². The lowest BCUT2D eigenvalue weighted by Gasteiger charge is -2.07. The number of nitro groups is 2. The number of nitro benzene ring substituents is 2. The molecule has 0 fully saturated rings. The fraction of sp³-hybridized carbons (Fsp3) is 0.200. The van der Waals surface area contributed by atoms with Gasteiger partial charge in [0.05, 0.1) is 15.9 Å². The third kappa shape index (κ3) is 3.78. The van der Waals surface area contributed by atoms with Crippen molar-refractivity contribution < 1.29 is 9.85 Å². The van der Waals surface area contributed by atoms with Crippen molar-refractivity contribution in [3.8, 4) is 0 Å². The highest BCUT2D eigenvalue weighted by Gasteiger charge is 2.18. The monoisotopic (exact) mass is 301 g/mol. The maximum Gasteiger partial charge on any atom is 0.279 e. The van der Waals surface area contributed by atoms with Crippen LogP contribution in [-0.2, 0) is 6.42 Å². The Kier molecular flexibility index (Phi) is 4.67. The van der Waals surface area contributed by atoms with E-state index in [1.54, 1.807) is 0 Å². The molecule has 0 saturated carbocycles. The molecule has 2 rings (SSSR count). The highest BCUT2D eigenvalue weighted by molar-refractivity contribution is 5.50. The molecule has 0 unspecified atom stereocenters. The van der Waals surface area contributed by atoms with E-state index in [0.29, 0.717) is 18.5 Å². The molecule has 0 aromatic heterocycles. The molecule has 7 heteroatoms. The molecule has 0 saturated heterocycles. The first-order chi connectivity index (χ1) is 10.5. The summed E-state index contributed by atoms with van der Waals surface area (Å²) in [4.78, 5) is 20.5. The summed E-state index contributed by atoms with van der Waals surface area (Å²) >= 11 is 0. The van der Waals surface area contributed by atoms with E-state index in [1.807, 2.05) is 31.2 Å². The van der Waals surface area contributed by atoms with Crippen LogP contribution in [0.25, 0.3) is 0 Å². The number of hydrogen-bond acceptors (Lipinski definition) is 5. The van der Waals surface area contributed by atoms with Crippen LogP contribution in [0.1, 0.15) is 11.1 Å². The predicted octanol–water partition coefficient (Wildman–Crippen LogP) is 3.47. The maximum absolute atomic E-state index is 11.0. The molecule has 0 radical (unpaired) electrons. The second-order valence-electron chi connectivity index (χ2n) is 4.87. The Morgan fingerprint density at radius 2 is 1.68 bits per heavy atom. The van der Waals surface area contributed by atoms with Crippen molar-refractivity contribution in [2.45, 2.75) is 13.3 Å². The van der Waals surface area contributed by atoms with Gasteiger partial charge in [-0.25, -0.2) is 0 Å². The number of aryl methyl sites for hydroxylation is 1.